The average Bonchev–Trinajstić information content (AvgIpc) is 2.34. The van der Waals surface area contributed by atoms with Crippen molar-refractivity contribution in [3.63, 3.8) is 0 Å². The van der Waals surface area contributed by atoms with Crippen molar-refractivity contribution in [1.82, 2.24) is 10.6 Å². The summed E-state index contributed by atoms with van der Waals surface area (Å²) in [6.45, 7) is 14.5. The molecule has 0 bridgehead atoms. The van der Waals surface area contributed by atoms with Crippen LogP contribution >= 0.6 is 0 Å². The zero-order valence-electron chi connectivity index (χ0n) is 14.0. The van der Waals surface area contributed by atoms with Crippen molar-refractivity contribution in [1.29, 1.82) is 0 Å². The summed E-state index contributed by atoms with van der Waals surface area (Å²) in [4.78, 5) is 12.0. The summed E-state index contributed by atoms with van der Waals surface area (Å²) in [6, 6.07) is 0.174. The van der Waals surface area contributed by atoms with E-state index in [4.69, 9.17) is 4.74 Å². The van der Waals surface area contributed by atoms with E-state index in [2.05, 4.69) is 31.4 Å². The van der Waals surface area contributed by atoms with E-state index in [-0.39, 0.29) is 12.1 Å². The summed E-state index contributed by atoms with van der Waals surface area (Å²) < 4.78 is 5.39. The standard InChI is InChI=1S/C16H32N2O2/c1-11(2)14(18-15(19)20-16(4,5)6)12(3)13-7-9-17-10-8-13/h11-14,17H,7-10H2,1-6H3,(H,18,19). The van der Waals surface area contributed by atoms with Crippen molar-refractivity contribution >= 4 is 6.09 Å². The minimum atomic E-state index is -0.441. The van der Waals surface area contributed by atoms with Crippen LogP contribution in [0.1, 0.15) is 54.4 Å². The normalized spacial score (nSPS) is 20.6. The number of ether oxygens (including phenoxy) is 1. The SMILES string of the molecule is CC(C)C(NC(=O)OC(C)(C)C)C(C)C1CCNCC1. The topological polar surface area (TPSA) is 50.4 Å². The van der Waals surface area contributed by atoms with E-state index in [1.165, 1.54) is 12.8 Å². The van der Waals surface area contributed by atoms with Crippen LogP contribution in [0.15, 0.2) is 0 Å². The first-order chi connectivity index (χ1) is 9.20. The molecule has 1 heterocycles. The molecular formula is C16H32N2O2. The number of alkyl carbamates (subject to hydrolysis) is 1. The van der Waals surface area contributed by atoms with Crippen LogP contribution in [0.2, 0.25) is 0 Å². The lowest BCUT2D eigenvalue weighted by atomic mass is 9.78. The Morgan fingerprint density at radius 2 is 1.75 bits per heavy atom. The van der Waals surface area contributed by atoms with Crippen LogP contribution in [0.5, 0.6) is 0 Å². The van der Waals surface area contributed by atoms with E-state index in [0.29, 0.717) is 17.8 Å². The first kappa shape index (κ1) is 17.3. The van der Waals surface area contributed by atoms with Gasteiger partial charge in [0, 0.05) is 6.04 Å². The molecule has 1 aliphatic rings. The van der Waals surface area contributed by atoms with Gasteiger partial charge in [-0.2, -0.15) is 0 Å². The molecule has 0 aromatic carbocycles. The van der Waals surface area contributed by atoms with E-state index in [1.54, 1.807) is 0 Å². The lowest BCUT2D eigenvalue weighted by Gasteiger charge is -2.36. The maximum absolute atomic E-state index is 12.0. The second kappa shape index (κ2) is 7.30. The van der Waals surface area contributed by atoms with Gasteiger partial charge >= 0.3 is 6.09 Å². The Morgan fingerprint density at radius 3 is 2.20 bits per heavy atom. The molecule has 1 saturated heterocycles. The first-order valence-corrected chi connectivity index (χ1v) is 7.91. The van der Waals surface area contributed by atoms with Crippen LogP contribution in [0.25, 0.3) is 0 Å². The van der Waals surface area contributed by atoms with E-state index >= 15 is 0 Å². The molecular weight excluding hydrogens is 252 g/mol. The number of hydrogen-bond acceptors (Lipinski definition) is 3. The fourth-order valence-electron chi connectivity index (χ4n) is 3.01. The lowest BCUT2D eigenvalue weighted by molar-refractivity contribution is 0.0445. The molecule has 1 aliphatic heterocycles. The first-order valence-electron chi connectivity index (χ1n) is 7.91. The number of carbonyl (C=O) groups excluding carboxylic acids is 1. The molecule has 4 heteroatoms. The molecule has 0 saturated carbocycles. The predicted molar refractivity (Wildman–Crippen MR) is 82.8 cm³/mol. The van der Waals surface area contributed by atoms with Gasteiger partial charge in [-0.15, -0.1) is 0 Å². The summed E-state index contributed by atoms with van der Waals surface area (Å²) in [6.07, 6.45) is 2.10. The van der Waals surface area contributed by atoms with E-state index < -0.39 is 5.60 Å². The molecule has 20 heavy (non-hydrogen) atoms. The fourth-order valence-corrected chi connectivity index (χ4v) is 3.01. The third kappa shape index (κ3) is 5.70. The third-order valence-corrected chi connectivity index (χ3v) is 4.10. The molecule has 0 aromatic rings. The van der Waals surface area contributed by atoms with Gasteiger partial charge in [0.15, 0.2) is 0 Å². The quantitative estimate of drug-likeness (QED) is 0.833. The van der Waals surface area contributed by atoms with Gasteiger partial charge in [-0.1, -0.05) is 20.8 Å². The van der Waals surface area contributed by atoms with Crippen molar-refractivity contribution in [2.45, 2.75) is 66.0 Å². The summed E-state index contributed by atoms with van der Waals surface area (Å²) in [5.74, 6) is 1.57. The Morgan fingerprint density at radius 1 is 1.20 bits per heavy atom. The van der Waals surface area contributed by atoms with Crippen molar-refractivity contribution in [3.8, 4) is 0 Å². The number of rotatable bonds is 4. The van der Waals surface area contributed by atoms with E-state index in [9.17, 15) is 4.79 Å². The highest BCUT2D eigenvalue weighted by Gasteiger charge is 2.31. The molecule has 118 valence electrons. The molecule has 1 rings (SSSR count). The Labute approximate surface area is 124 Å². The van der Waals surface area contributed by atoms with Crippen LogP contribution in [0, 0.1) is 17.8 Å². The van der Waals surface area contributed by atoms with Gasteiger partial charge < -0.3 is 15.4 Å². The molecule has 2 N–H and O–H groups in total. The third-order valence-electron chi connectivity index (χ3n) is 4.10. The van der Waals surface area contributed by atoms with Gasteiger partial charge in [-0.05, 0) is 64.5 Å². The summed E-state index contributed by atoms with van der Waals surface area (Å²) in [5.41, 5.74) is -0.441. The number of nitrogens with one attached hydrogen (secondary N) is 2. The lowest BCUT2D eigenvalue weighted by Crippen LogP contribution is -2.48. The summed E-state index contributed by atoms with van der Waals surface area (Å²) >= 11 is 0. The van der Waals surface area contributed by atoms with Gasteiger partial charge in [0.1, 0.15) is 5.60 Å². The maximum Gasteiger partial charge on any atom is 0.407 e. The Bertz CT molecular complexity index is 304. The van der Waals surface area contributed by atoms with Crippen molar-refractivity contribution in [2.75, 3.05) is 13.1 Å². The highest BCUT2D eigenvalue weighted by molar-refractivity contribution is 5.68. The van der Waals surface area contributed by atoms with E-state index in [0.717, 1.165) is 13.1 Å². The largest absolute Gasteiger partial charge is 0.444 e. The molecule has 1 fully saturated rings. The van der Waals surface area contributed by atoms with Crippen LogP contribution < -0.4 is 10.6 Å². The smallest absolute Gasteiger partial charge is 0.407 e. The number of hydrogen-bond donors (Lipinski definition) is 2. The zero-order valence-corrected chi connectivity index (χ0v) is 14.0. The summed E-state index contributed by atoms with van der Waals surface area (Å²) in [7, 11) is 0. The predicted octanol–water partition coefficient (Wildman–Crippen LogP) is 3.17. The monoisotopic (exact) mass is 284 g/mol. The Balaban J connectivity index is 2.61. The molecule has 4 nitrogen and oxygen atoms in total. The molecule has 0 radical (unpaired) electrons. The number of carbonyl (C=O) groups is 1. The summed E-state index contributed by atoms with van der Waals surface area (Å²) in [5, 5.41) is 6.49. The maximum atomic E-state index is 12.0. The molecule has 0 aromatic heterocycles. The zero-order chi connectivity index (χ0) is 15.3. The van der Waals surface area contributed by atoms with Crippen molar-refractivity contribution in [3.05, 3.63) is 0 Å². The Kier molecular flexibility index (Phi) is 6.31. The van der Waals surface area contributed by atoms with Gasteiger partial charge in [0.2, 0.25) is 0 Å². The van der Waals surface area contributed by atoms with Crippen LogP contribution in [0.4, 0.5) is 4.79 Å². The van der Waals surface area contributed by atoms with Gasteiger partial charge in [-0.3, -0.25) is 0 Å². The molecule has 2 unspecified atom stereocenters. The minimum absolute atomic E-state index is 0.174. The molecule has 0 spiro atoms. The highest BCUT2D eigenvalue weighted by atomic mass is 16.6. The van der Waals surface area contributed by atoms with Crippen LogP contribution in [-0.4, -0.2) is 30.8 Å². The molecule has 1 amide bonds. The van der Waals surface area contributed by atoms with E-state index in [1.807, 2.05) is 20.8 Å². The van der Waals surface area contributed by atoms with Crippen LogP contribution in [-0.2, 0) is 4.74 Å². The fraction of sp³-hybridized carbons (Fsp3) is 0.938. The van der Waals surface area contributed by atoms with Gasteiger partial charge in [-0.25, -0.2) is 4.79 Å². The Hall–Kier alpha value is -0.770. The molecule has 0 aliphatic carbocycles. The van der Waals surface area contributed by atoms with Crippen LogP contribution in [0.3, 0.4) is 0 Å². The van der Waals surface area contributed by atoms with Gasteiger partial charge in [0.05, 0.1) is 0 Å². The highest BCUT2D eigenvalue weighted by Crippen LogP contribution is 2.27. The van der Waals surface area contributed by atoms with Crippen molar-refractivity contribution in [2.24, 2.45) is 17.8 Å². The average molecular weight is 284 g/mol. The van der Waals surface area contributed by atoms with Gasteiger partial charge in [0.25, 0.3) is 0 Å². The minimum Gasteiger partial charge on any atom is -0.444 e. The number of amides is 1. The molecule has 2 atom stereocenters. The second-order valence-corrected chi connectivity index (χ2v) is 7.36. The number of piperidine rings is 1. The second-order valence-electron chi connectivity index (χ2n) is 7.36. The van der Waals surface area contributed by atoms with Crippen molar-refractivity contribution < 1.29 is 9.53 Å².